The van der Waals surface area contributed by atoms with E-state index in [0.29, 0.717) is 0 Å². The molecule has 1 rings (SSSR count). The van der Waals surface area contributed by atoms with E-state index in [-0.39, 0.29) is 17.0 Å². The Kier molecular flexibility index (Phi) is 3.43. The van der Waals surface area contributed by atoms with Crippen LogP contribution in [-0.2, 0) is 11.2 Å². The molecule has 72 valence electrons. The number of hydrogen-bond donors (Lipinski definition) is 1. The van der Waals surface area contributed by atoms with Crippen molar-refractivity contribution in [3.8, 4) is 6.19 Å². The summed E-state index contributed by atoms with van der Waals surface area (Å²) in [6.45, 7) is 0. The average Bonchev–Trinajstić information content (AvgIpc) is 2.12. The molecule has 1 aromatic rings. The lowest BCUT2D eigenvalue weighted by Crippen LogP contribution is -2.20. The van der Waals surface area contributed by atoms with E-state index < -0.39 is 11.7 Å². The number of amides is 1. The summed E-state index contributed by atoms with van der Waals surface area (Å²) in [6, 6.07) is 4.14. The van der Waals surface area contributed by atoms with Crippen molar-refractivity contribution < 1.29 is 9.18 Å². The van der Waals surface area contributed by atoms with E-state index in [2.05, 4.69) is 0 Å². The lowest BCUT2D eigenvalue weighted by atomic mass is 10.1. The fraction of sp³-hybridized carbons (Fsp3) is 0.111. The SMILES string of the molecule is N#CNC(=O)Cc1c(F)cccc1Cl. The third-order valence-electron chi connectivity index (χ3n) is 1.59. The Labute approximate surface area is 85.1 Å². The van der Waals surface area contributed by atoms with E-state index in [4.69, 9.17) is 16.9 Å². The second-order valence-electron chi connectivity index (χ2n) is 2.54. The van der Waals surface area contributed by atoms with Crippen molar-refractivity contribution in [1.82, 2.24) is 5.32 Å². The summed E-state index contributed by atoms with van der Waals surface area (Å²) in [5, 5.41) is 10.2. The molecule has 0 spiro atoms. The molecule has 0 radical (unpaired) electrons. The topological polar surface area (TPSA) is 52.9 Å². The summed E-state index contributed by atoms with van der Waals surface area (Å²) in [7, 11) is 0. The van der Waals surface area contributed by atoms with Crippen molar-refractivity contribution in [1.29, 1.82) is 5.26 Å². The molecule has 1 aromatic carbocycles. The Bertz CT molecular complexity index is 380. The van der Waals surface area contributed by atoms with Gasteiger partial charge in [-0.05, 0) is 12.1 Å². The van der Waals surface area contributed by atoms with Gasteiger partial charge in [0.2, 0.25) is 5.91 Å². The summed E-state index contributed by atoms with van der Waals surface area (Å²) in [5.41, 5.74) is 0.0990. The van der Waals surface area contributed by atoms with E-state index in [1.165, 1.54) is 24.4 Å². The van der Waals surface area contributed by atoms with Crippen molar-refractivity contribution in [2.75, 3.05) is 0 Å². The van der Waals surface area contributed by atoms with Crippen LogP contribution in [0.25, 0.3) is 0 Å². The molecule has 1 N–H and O–H groups in total. The smallest absolute Gasteiger partial charge is 0.237 e. The summed E-state index contributed by atoms with van der Waals surface area (Å²) in [4.78, 5) is 11.0. The lowest BCUT2D eigenvalue weighted by molar-refractivity contribution is -0.119. The number of benzene rings is 1. The van der Waals surface area contributed by atoms with Crippen LogP contribution < -0.4 is 5.32 Å². The second kappa shape index (κ2) is 4.58. The fourth-order valence-electron chi connectivity index (χ4n) is 0.968. The zero-order valence-electron chi connectivity index (χ0n) is 7.05. The minimum atomic E-state index is -0.584. The first-order valence-corrected chi connectivity index (χ1v) is 4.13. The van der Waals surface area contributed by atoms with Crippen LogP contribution in [0.2, 0.25) is 5.02 Å². The number of carbonyl (C=O) groups excluding carboxylic acids is 1. The molecule has 0 fully saturated rings. The van der Waals surface area contributed by atoms with Crippen LogP contribution >= 0.6 is 11.6 Å². The van der Waals surface area contributed by atoms with Gasteiger partial charge in [0, 0.05) is 10.6 Å². The van der Waals surface area contributed by atoms with Crippen molar-refractivity contribution in [3.63, 3.8) is 0 Å². The normalized spacial score (nSPS) is 9.21. The molecule has 0 aliphatic carbocycles. The van der Waals surface area contributed by atoms with Gasteiger partial charge in [-0.1, -0.05) is 17.7 Å². The molecule has 5 heteroatoms. The van der Waals surface area contributed by atoms with E-state index >= 15 is 0 Å². The summed E-state index contributed by atoms with van der Waals surface area (Å²) in [6.07, 6.45) is 1.22. The van der Waals surface area contributed by atoms with Crippen molar-refractivity contribution in [2.45, 2.75) is 6.42 Å². The Hall–Kier alpha value is -1.60. The molecule has 1 amide bonds. The summed E-state index contributed by atoms with van der Waals surface area (Å²) in [5.74, 6) is -1.13. The van der Waals surface area contributed by atoms with E-state index in [0.717, 1.165) is 0 Å². The third kappa shape index (κ3) is 2.44. The minimum Gasteiger partial charge on any atom is -0.274 e. The Balaban J connectivity index is 2.87. The van der Waals surface area contributed by atoms with Crippen LogP contribution in [0, 0.1) is 17.3 Å². The first kappa shape index (κ1) is 10.5. The third-order valence-corrected chi connectivity index (χ3v) is 1.95. The number of nitrogens with one attached hydrogen (secondary N) is 1. The maximum Gasteiger partial charge on any atom is 0.237 e. The van der Waals surface area contributed by atoms with Crippen molar-refractivity contribution in [3.05, 3.63) is 34.6 Å². The predicted octanol–water partition coefficient (Wildman–Crippen LogP) is 1.62. The Morgan fingerprint density at radius 1 is 1.64 bits per heavy atom. The number of halogens is 2. The summed E-state index contributed by atoms with van der Waals surface area (Å²) >= 11 is 5.67. The number of hydrogen-bond acceptors (Lipinski definition) is 2. The van der Waals surface area contributed by atoms with Crippen LogP contribution in [0.4, 0.5) is 4.39 Å². The molecule has 0 saturated carbocycles. The number of nitriles is 1. The van der Waals surface area contributed by atoms with Gasteiger partial charge in [0.25, 0.3) is 0 Å². The highest BCUT2D eigenvalue weighted by Gasteiger charge is 2.10. The number of rotatable bonds is 2. The lowest BCUT2D eigenvalue weighted by Gasteiger charge is -2.03. The first-order chi connectivity index (χ1) is 6.65. The molecule has 0 unspecified atom stereocenters. The van der Waals surface area contributed by atoms with Gasteiger partial charge in [0.1, 0.15) is 5.82 Å². The van der Waals surface area contributed by atoms with Crippen LogP contribution in [0.15, 0.2) is 18.2 Å². The average molecular weight is 213 g/mol. The molecule has 0 heterocycles. The molecule has 0 saturated heterocycles. The fourth-order valence-corrected chi connectivity index (χ4v) is 1.20. The van der Waals surface area contributed by atoms with Crippen LogP contribution in [0.1, 0.15) is 5.56 Å². The van der Waals surface area contributed by atoms with Crippen LogP contribution in [0.5, 0.6) is 0 Å². The van der Waals surface area contributed by atoms with Crippen molar-refractivity contribution in [2.24, 2.45) is 0 Å². The van der Waals surface area contributed by atoms with Gasteiger partial charge in [0.15, 0.2) is 6.19 Å². The maximum atomic E-state index is 13.1. The van der Waals surface area contributed by atoms with Gasteiger partial charge in [0.05, 0.1) is 6.42 Å². The molecule has 0 aliphatic heterocycles. The van der Waals surface area contributed by atoms with Crippen LogP contribution in [0.3, 0.4) is 0 Å². The number of nitrogens with zero attached hydrogens (tertiary/aromatic N) is 1. The quantitative estimate of drug-likeness (QED) is 0.598. The maximum absolute atomic E-state index is 13.1. The summed E-state index contributed by atoms with van der Waals surface area (Å²) < 4.78 is 13.1. The van der Waals surface area contributed by atoms with E-state index in [1.54, 1.807) is 0 Å². The highest BCUT2D eigenvalue weighted by molar-refractivity contribution is 6.31. The van der Waals surface area contributed by atoms with E-state index in [1.807, 2.05) is 5.32 Å². The van der Waals surface area contributed by atoms with Gasteiger partial charge in [-0.3, -0.25) is 10.1 Å². The molecular formula is C9H6ClFN2O. The zero-order valence-corrected chi connectivity index (χ0v) is 7.81. The minimum absolute atomic E-state index is 0.0990. The van der Waals surface area contributed by atoms with E-state index in [9.17, 15) is 9.18 Å². The molecule has 14 heavy (non-hydrogen) atoms. The van der Waals surface area contributed by atoms with Crippen molar-refractivity contribution >= 4 is 17.5 Å². The monoisotopic (exact) mass is 212 g/mol. The van der Waals surface area contributed by atoms with Crippen LogP contribution in [-0.4, -0.2) is 5.91 Å². The highest BCUT2D eigenvalue weighted by atomic mass is 35.5. The second-order valence-corrected chi connectivity index (χ2v) is 2.94. The highest BCUT2D eigenvalue weighted by Crippen LogP contribution is 2.19. The van der Waals surface area contributed by atoms with Gasteiger partial charge >= 0.3 is 0 Å². The number of carbonyl (C=O) groups is 1. The van der Waals surface area contributed by atoms with Gasteiger partial charge in [-0.2, -0.15) is 5.26 Å². The predicted molar refractivity (Wildman–Crippen MR) is 48.9 cm³/mol. The van der Waals surface area contributed by atoms with Gasteiger partial charge in [-0.25, -0.2) is 4.39 Å². The molecule has 0 atom stereocenters. The molecule has 3 nitrogen and oxygen atoms in total. The standard InChI is InChI=1S/C9H6ClFN2O/c10-7-2-1-3-8(11)6(7)4-9(14)13-5-12/h1-3H,4H2,(H,13,14). The molecule has 0 bridgehead atoms. The largest absolute Gasteiger partial charge is 0.274 e. The Morgan fingerprint density at radius 3 is 2.93 bits per heavy atom. The van der Waals surface area contributed by atoms with Gasteiger partial charge in [-0.15, -0.1) is 0 Å². The Morgan fingerprint density at radius 2 is 2.36 bits per heavy atom. The van der Waals surface area contributed by atoms with Gasteiger partial charge < -0.3 is 0 Å². The first-order valence-electron chi connectivity index (χ1n) is 3.76. The molecular weight excluding hydrogens is 207 g/mol. The zero-order chi connectivity index (χ0) is 10.6. The molecule has 0 aliphatic rings. The molecule has 0 aromatic heterocycles.